The number of carbonyl (C=O) groups is 3. The van der Waals surface area contributed by atoms with Crippen molar-refractivity contribution in [2.75, 3.05) is 11.9 Å². The second-order valence-electron chi connectivity index (χ2n) is 9.67. The molecule has 2 saturated heterocycles. The molecular weight excluding hydrogens is 402 g/mol. The fourth-order valence-corrected chi connectivity index (χ4v) is 5.79. The van der Waals surface area contributed by atoms with Crippen molar-refractivity contribution >= 4 is 23.4 Å². The standard InChI is InChI=1S/C26H29N3O3/c1-14(2)21-19-20(24(31)29(23(19)30)13-12-17-8-6-5-7-9-17)26(28-21)18-11-10-15(3)16(4)22(18)27-25(26)32/h5-11,14,19-21,28H,12-13H2,1-4H3,(H,27,32). The number of amides is 3. The van der Waals surface area contributed by atoms with Gasteiger partial charge < -0.3 is 5.32 Å². The van der Waals surface area contributed by atoms with E-state index in [2.05, 4.69) is 10.6 Å². The van der Waals surface area contributed by atoms with Crippen LogP contribution in [0.25, 0.3) is 0 Å². The van der Waals surface area contributed by atoms with Crippen molar-refractivity contribution in [3.8, 4) is 0 Å². The van der Waals surface area contributed by atoms with Gasteiger partial charge in [0.15, 0.2) is 0 Å². The molecule has 0 saturated carbocycles. The first-order valence-electron chi connectivity index (χ1n) is 11.4. The van der Waals surface area contributed by atoms with Gasteiger partial charge in [-0.05, 0) is 42.9 Å². The van der Waals surface area contributed by atoms with Crippen molar-refractivity contribution in [1.82, 2.24) is 10.2 Å². The van der Waals surface area contributed by atoms with E-state index < -0.39 is 17.4 Å². The number of rotatable bonds is 4. The quantitative estimate of drug-likeness (QED) is 0.730. The SMILES string of the molecule is Cc1ccc2c(c1C)NC(=O)C21NC(C(C)C)C2C(=O)N(CCc3ccccc3)C(=O)C21. The highest BCUT2D eigenvalue weighted by Crippen LogP contribution is 2.54. The number of imide groups is 1. The Hall–Kier alpha value is -2.99. The van der Waals surface area contributed by atoms with E-state index >= 15 is 0 Å². The molecule has 2 aromatic rings. The van der Waals surface area contributed by atoms with Gasteiger partial charge in [-0.1, -0.05) is 56.3 Å². The second-order valence-corrected chi connectivity index (χ2v) is 9.67. The van der Waals surface area contributed by atoms with Crippen molar-refractivity contribution in [3.05, 3.63) is 64.7 Å². The number of carbonyl (C=O) groups excluding carboxylic acids is 3. The van der Waals surface area contributed by atoms with Crippen LogP contribution in [0.4, 0.5) is 5.69 Å². The molecule has 2 N–H and O–H groups in total. The molecule has 6 heteroatoms. The normalized spacial score (nSPS) is 28.6. The van der Waals surface area contributed by atoms with Gasteiger partial charge in [-0.25, -0.2) is 0 Å². The first kappa shape index (κ1) is 20.9. The minimum absolute atomic E-state index is 0.0936. The highest BCUT2D eigenvalue weighted by Gasteiger charge is 2.70. The summed E-state index contributed by atoms with van der Waals surface area (Å²) in [5, 5.41) is 6.53. The second kappa shape index (κ2) is 7.27. The number of hydrogen-bond acceptors (Lipinski definition) is 4. The number of likely N-dealkylation sites (tertiary alicyclic amines) is 1. The fourth-order valence-electron chi connectivity index (χ4n) is 5.79. The van der Waals surface area contributed by atoms with Gasteiger partial charge >= 0.3 is 0 Å². The van der Waals surface area contributed by atoms with E-state index in [0.29, 0.717) is 13.0 Å². The Morgan fingerprint density at radius 2 is 1.72 bits per heavy atom. The Morgan fingerprint density at radius 3 is 2.41 bits per heavy atom. The van der Waals surface area contributed by atoms with Crippen molar-refractivity contribution in [2.45, 2.75) is 45.7 Å². The van der Waals surface area contributed by atoms with E-state index in [0.717, 1.165) is 27.9 Å². The van der Waals surface area contributed by atoms with Crippen molar-refractivity contribution in [1.29, 1.82) is 0 Å². The molecule has 0 aromatic heterocycles. The number of hydrogen-bond donors (Lipinski definition) is 2. The minimum Gasteiger partial charge on any atom is -0.324 e. The molecule has 32 heavy (non-hydrogen) atoms. The molecule has 2 aromatic carbocycles. The molecule has 1 spiro atoms. The van der Waals surface area contributed by atoms with E-state index in [1.165, 1.54) is 4.90 Å². The van der Waals surface area contributed by atoms with E-state index in [4.69, 9.17) is 0 Å². The van der Waals surface area contributed by atoms with Gasteiger partial charge in [-0.2, -0.15) is 0 Å². The number of nitrogens with one attached hydrogen (secondary N) is 2. The van der Waals surface area contributed by atoms with Crippen LogP contribution >= 0.6 is 0 Å². The third-order valence-electron chi connectivity index (χ3n) is 7.63. The molecule has 3 aliphatic heterocycles. The first-order valence-corrected chi connectivity index (χ1v) is 11.4. The van der Waals surface area contributed by atoms with E-state index in [9.17, 15) is 14.4 Å². The van der Waals surface area contributed by atoms with Crippen LogP contribution in [0.15, 0.2) is 42.5 Å². The lowest BCUT2D eigenvalue weighted by Crippen LogP contribution is -2.54. The molecule has 166 valence electrons. The average Bonchev–Trinajstić information content (AvgIpc) is 3.36. The van der Waals surface area contributed by atoms with E-state index in [1.807, 2.05) is 70.2 Å². The van der Waals surface area contributed by atoms with Gasteiger partial charge in [0.1, 0.15) is 5.54 Å². The zero-order chi connectivity index (χ0) is 22.8. The van der Waals surface area contributed by atoms with Crippen LogP contribution in [0.5, 0.6) is 0 Å². The lowest BCUT2D eigenvalue weighted by Gasteiger charge is -2.30. The van der Waals surface area contributed by atoms with Crippen LogP contribution in [-0.2, 0) is 26.3 Å². The molecule has 5 rings (SSSR count). The van der Waals surface area contributed by atoms with Crippen LogP contribution in [0.3, 0.4) is 0 Å². The number of nitrogens with zero attached hydrogens (tertiary/aromatic N) is 1. The number of fused-ring (bicyclic) bond motifs is 4. The van der Waals surface area contributed by atoms with Crippen molar-refractivity contribution in [3.63, 3.8) is 0 Å². The summed E-state index contributed by atoms with van der Waals surface area (Å²) in [6.07, 6.45) is 0.603. The van der Waals surface area contributed by atoms with Gasteiger partial charge in [0.05, 0.1) is 11.8 Å². The summed E-state index contributed by atoms with van der Waals surface area (Å²) in [6.45, 7) is 8.38. The molecule has 0 bridgehead atoms. The molecule has 3 amide bonds. The number of anilines is 1. The molecule has 3 aliphatic rings. The third-order valence-corrected chi connectivity index (χ3v) is 7.63. The molecule has 4 unspecified atom stereocenters. The first-order chi connectivity index (χ1) is 15.3. The van der Waals surface area contributed by atoms with Crippen LogP contribution in [0.2, 0.25) is 0 Å². The highest BCUT2D eigenvalue weighted by molar-refractivity contribution is 6.15. The summed E-state index contributed by atoms with van der Waals surface area (Å²) in [7, 11) is 0. The predicted molar refractivity (Wildman–Crippen MR) is 122 cm³/mol. The maximum atomic E-state index is 13.7. The summed E-state index contributed by atoms with van der Waals surface area (Å²) >= 11 is 0. The van der Waals surface area contributed by atoms with Gasteiger partial charge in [-0.15, -0.1) is 0 Å². The molecule has 4 atom stereocenters. The van der Waals surface area contributed by atoms with Crippen LogP contribution < -0.4 is 10.6 Å². The van der Waals surface area contributed by atoms with Crippen molar-refractivity contribution < 1.29 is 14.4 Å². The predicted octanol–water partition coefficient (Wildman–Crippen LogP) is 2.92. The number of benzene rings is 2. The molecule has 3 heterocycles. The number of aryl methyl sites for hydroxylation is 1. The Balaban J connectivity index is 1.57. The lowest BCUT2D eigenvalue weighted by molar-refractivity contribution is -0.142. The van der Waals surface area contributed by atoms with Gasteiger partial charge in [0.2, 0.25) is 17.7 Å². The summed E-state index contributed by atoms with van der Waals surface area (Å²) in [5.41, 5.74) is 3.50. The zero-order valence-corrected chi connectivity index (χ0v) is 18.9. The summed E-state index contributed by atoms with van der Waals surface area (Å²) in [6, 6.07) is 13.5. The topological polar surface area (TPSA) is 78.5 Å². The average molecular weight is 432 g/mol. The summed E-state index contributed by atoms with van der Waals surface area (Å²) < 4.78 is 0. The van der Waals surface area contributed by atoms with Crippen molar-refractivity contribution in [2.24, 2.45) is 17.8 Å². The third kappa shape index (κ3) is 2.72. The summed E-state index contributed by atoms with van der Waals surface area (Å²) in [4.78, 5) is 42.2. The zero-order valence-electron chi connectivity index (χ0n) is 18.9. The minimum atomic E-state index is -1.21. The molecular formula is C26H29N3O3. The van der Waals surface area contributed by atoms with E-state index in [-0.39, 0.29) is 29.7 Å². The van der Waals surface area contributed by atoms with Gasteiger partial charge in [0, 0.05) is 23.8 Å². The smallest absolute Gasteiger partial charge is 0.250 e. The fraction of sp³-hybridized carbons (Fsp3) is 0.423. The molecule has 0 aliphatic carbocycles. The monoisotopic (exact) mass is 431 g/mol. The van der Waals surface area contributed by atoms with Crippen LogP contribution in [-0.4, -0.2) is 35.2 Å². The molecule has 6 nitrogen and oxygen atoms in total. The Labute approximate surface area is 188 Å². The van der Waals surface area contributed by atoms with Crippen LogP contribution in [0.1, 0.15) is 36.1 Å². The van der Waals surface area contributed by atoms with Gasteiger partial charge in [0.25, 0.3) is 0 Å². The maximum absolute atomic E-state index is 13.7. The maximum Gasteiger partial charge on any atom is 0.250 e. The molecule has 2 fully saturated rings. The largest absolute Gasteiger partial charge is 0.324 e. The lowest BCUT2D eigenvalue weighted by atomic mass is 9.75. The van der Waals surface area contributed by atoms with Crippen LogP contribution in [0, 0.1) is 31.6 Å². The van der Waals surface area contributed by atoms with E-state index in [1.54, 1.807) is 0 Å². The Kier molecular flexibility index (Phi) is 4.75. The Morgan fingerprint density at radius 1 is 1.00 bits per heavy atom. The van der Waals surface area contributed by atoms with Gasteiger partial charge in [-0.3, -0.25) is 24.6 Å². The highest BCUT2D eigenvalue weighted by atomic mass is 16.2. The summed E-state index contributed by atoms with van der Waals surface area (Å²) in [5.74, 6) is -1.82. The molecule has 0 radical (unpaired) electrons. The Bertz CT molecular complexity index is 1130.